The molecule has 14 heteroatoms. The SMILES string of the molecule is N#Cc1c(OCCOCCC(=O)N2CCN(c3ncc(C(F)(F)F)cn3)CC2)cn[nH]c1=O. The monoisotopic (exact) mass is 467 g/mol. The van der Waals surface area contributed by atoms with Crippen LogP contribution in [-0.4, -0.2) is 77.0 Å². The van der Waals surface area contributed by atoms with Crippen LogP contribution in [0.1, 0.15) is 17.5 Å². The van der Waals surface area contributed by atoms with E-state index in [-0.39, 0.29) is 49.4 Å². The molecule has 1 amide bonds. The van der Waals surface area contributed by atoms with Gasteiger partial charge in [-0.05, 0) is 0 Å². The lowest BCUT2D eigenvalue weighted by molar-refractivity contribution is -0.138. The fourth-order valence-corrected chi connectivity index (χ4v) is 3.01. The van der Waals surface area contributed by atoms with Gasteiger partial charge in [-0.15, -0.1) is 0 Å². The second-order valence-corrected chi connectivity index (χ2v) is 6.90. The zero-order valence-corrected chi connectivity index (χ0v) is 17.3. The number of H-pyrrole nitrogens is 1. The summed E-state index contributed by atoms with van der Waals surface area (Å²) >= 11 is 0. The fourth-order valence-electron chi connectivity index (χ4n) is 3.01. The molecule has 0 aromatic carbocycles. The molecule has 0 aliphatic carbocycles. The molecule has 1 saturated heterocycles. The first kappa shape index (κ1) is 23.9. The van der Waals surface area contributed by atoms with E-state index in [1.54, 1.807) is 15.9 Å². The molecule has 0 radical (unpaired) electrons. The number of nitriles is 1. The molecule has 0 atom stereocenters. The molecule has 0 saturated carbocycles. The molecule has 0 unspecified atom stereocenters. The lowest BCUT2D eigenvalue weighted by Gasteiger charge is -2.34. The quantitative estimate of drug-likeness (QED) is 0.553. The predicted molar refractivity (Wildman–Crippen MR) is 106 cm³/mol. The Morgan fingerprint density at radius 2 is 1.82 bits per heavy atom. The number of hydrogen-bond acceptors (Lipinski definition) is 9. The highest BCUT2D eigenvalue weighted by molar-refractivity contribution is 5.76. The number of hydrogen-bond donors (Lipinski definition) is 1. The molecule has 11 nitrogen and oxygen atoms in total. The van der Waals surface area contributed by atoms with Crippen molar-refractivity contribution in [1.29, 1.82) is 5.26 Å². The molecular formula is C19H20F3N7O4. The number of anilines is 1. The minimum absolute atomic E-state index is 0.0517. The van der Waals surface area contributed by atoms with Gasteiger partial charge < -0.3 is 19.3 Å². The summed E-state index contributed by atoms with van der Waals surface area (Å²) in [6.07, 6.45) is -1.64. The van der Waals surface area contributed by atoms with Crippen LogP contribution in [-0.2, 0) is 15.7 Å². The van der Waals surface area contributed by atoms with E-state index in [0.29, 0.717) is 26.2 Å². The Morgan fingerprint density at radius 1 is 1.12 bits per heavy atom. The Hall–Kier alpha value is -3.73. The first-order valence-corrected chi connectivity index (χ1v) is 9.90. The van der Waals surface area contributed by atoms with E-state index in [1.807, 2.05) is 0 Å². The molecule has 1 aliphatic rings. The van der Waals surface area contributed by atoms with Gasteiger partial charge in [-0.1, -0.05) is 0 Å². The molecule has 2 aromatic rings. The number of ether oxygens (including phenoxy) is 2. The number of nitrogens with zero attached hydrogens (tertiary/aromatic N) is 6. The summed E-state index contributed by atoms with van der Waals surface area (Å²) in [6.45, 7) is 1.94. The van der Waals surface area contributed by atoms with E-state index in [1.165, 1.54) is 6.20 Å². The minimum atomic E-state index is -4.49. The Morgan fingerprint density at radius 3 is 2.45 bits per heavy atom. The maximum Gasteiger partial charge on any atom is 0.419 e. The van der Waals surface area contributed by atoms with Crippen molar-refractivity contribution < 1.29 is 27.4 Å². The number of aromatic amines is 1. The van der Waals surface area contributed by atoms with Gasteiger partial charge in [0.05, 0.1) is 31.4 Å². The zero-order valence-electron chi connectivity index (χ0n) is 17.3. The van der Waals surface area contributed by atoms with Crippen molar-refractivity contribution in [1.82, 2.24) is 25.1 Å². The summed E-state index contributed by atoms with van der Waals surface area (Å²) in [4.78, 5) is 34.7. The summed E-state index contributed by atoms with van der Waals surface area (Å²) in [7, 11) is 0. The summed E-state index contributed by atoms with van der Waals surface area (Å²) in [5.74, 6) is 0.124. The van der Waals surface area contributed by atoms with Crippen LogP contribution in [0, 0.1) is 11.3 Å². The van der Waals surface area contributed by atoms with Gasteiger partial charge in [0.1, 0.15) is 12.7 Å². The molecule has 1 aliphatic heterocycles. The van der Waals surface area contributed by atoms with Crippen molar-refractivity contribution in [2.24, 2.45) is 0 Å². The van der Waals surface area contributed by atoms with Crippen LogP contribution in [0.3, 0.4) is 0 Å². The molecule has 33 heavy (non-hydrogen) atoms. The van der Waals surface area contributed by atoms with Crippen molar-refractivity contribution in [2.75, 3.05) is 50.9 Å². The number of amides is 1. The summed E-state index contributed by atoms with van der Waals surface area (Å²) in [5.41, 5.74) is -1.74. The van der Waals surface area contributed by atoms with Crippen LogP contribution in [0.15, 0.2) is 23.4 Å². The van der Waals surface area contributed by atoms with Crippen LogP contribution < -0.4 is 15.2 Å². The average Bonchev–Trinajstić information content (AvgIpc) is 2.81. The van der Waals surface area contributed by atoms with Crippen LogP contribution in [0.2, 0.25) is 0 Å². The van der Waals surface area contributed by atoms with Crippen molar-refractivity contribution in [3.8, 4) is 11.8 Å². The molecular weight excluding hydrogens is 447 g/mol. The van der Waals surface area contributed by atoms with Gasteiger partial charge >= 0.3 is 6.18 Å². The van der Waals surface area contributed by atoms with Gasteiger partial charge in [-0.2, -0.15) is 23.5 Å². The number of aromatic nitrogens is 4. The maximum absolute atomic E-state index is 12.6. The highest BCUT2D eigenvalue weighted by Gasteiger charge is 2.32. The fraction of sp³-hybridized carbons (Fsp3) is 0.474. The van der Waals surface area contributed by atoms with E-state index < -0.39 is 17.3 Å². The molecule has 1 fully saturated rings. The summed E-state index contributed by atoms with van der Waals surface area (Å²) in [6, 6.07) is 1.73. The third kappa shape index (κ3) is 6.39. The Bertz CT molecular complexity index is 1050. The predicted octanol–water partition coefficient (Wildman–Crippen LogP) is 0.585. The van der Waals surface area contributed by atoms with Crippen molar-refractivity contribution >= 4 is 11.9 Å². The number of carbonyl (C=O) groups is 1. The number of nitrogens with one attached hydrogen (secondary N) is 1. The van der Waals surface area contributed by atoms with Crippen molar-refractivity contribution in [2.45, 2.75) is 12.6 Å². The first-order valence-electron chi connectivity index (χ1n) is 9.90. The minimum Gasteiger partial charge on any atom is -0.488 e. The smallest absolute Gasteiger partial charge is 0.419 e. The summed E-state index contributed by atoms with van der Waals surface area (Å²) < 4.78 is 48.5. The van der Waals surface area contributed by atoms with E-state index in [0.717, 1.165) is 12.4 Å². The zero-order chi connectivity index (χ0) is 23.8. The van der Waals surface area contributed by atoms with Crippen molar-refractivity contribution in [3.63, 3.8) is 0 Å². The van der Waals surface area contributed by atoms with Gasteiger partial charge in [0.2, 0.25) is 11.9 Å². The Balaban J connectivity index is 1.34. The Labute approximate surface area is 185 Å². The Kier molecular flexibility index (Phi) is 7.78. The second kappa shape index (κ2) is 10.7. The van der Waals surface area contributed by atoms with Gasteiger partial charge in [0, 0.05) is 38.6 Å². The lowest BCUT2D eigenvalue weighted by atomic mass is 10.3. The third-order valence-electron chi connectivity index (χ3n) is 4.76. The molecule has 3 rings (SSSR count). The topological polar surface area (TPSA) is 137 Å². The van der Waals surface area contributed by atoms with Crippen LogP contribution in [0.4, 0.5) is 19.1 Å². The highest BCUT2D eigenvalue weighted by atomic mass is 19.4. The summed E-state index contributed by atoms with van der Waals surface area (Å²) in [5, 5.41) is 14.6. The average molecular weight is 467 g/mol. The van der Waals surface area contributed by atoms with Gasteiger partial charge in [0.25, 0.3) is 5.56 Å². The van der Waals surface area contributed by atoms with Gasteiger partial charge in [-0.3, -0.25) is 9.59 Å². The molecule has 2 aromatic heterocycles. The van der Waals surface area contributed by atoms with Gasteiger partial charge in [0.15, 0.2) is 11.3 Å². The highest BCUT2D eigenvalue weighted by Crippen LogP contribution is 2.28. The number of alkyl halides is 3. The largest absolute Gasteiger partial charge is 0.488 e. The van der Waals surface area contributed by atoms with Crippen LogP contribution >= 0.6 is 0 Å². The number of piperazine rings is 1. The molecule has 1 N–H and O–H groups in total. The first-order chi connectivity index (χ1) is 15.8. The maximum atomic E-state index is 12.6. The van der Waals surface area contributed by atoms with Crippen LogP contribution in [0.25, 0.3) is 0 Å². The number of halogens is 3. The second-order valence-electron chi connectivity index (χ2n) is 6.90. The molecule has 176 valence electrons. The molecule has 3 heterocycles. The number of rotatable bonds is 8. The van der Waals surface area contributed by atoms with Gasteiger partial charge in [-0.25, -0.2) is 15.1 Å². The van der Waals surface area contributed by atoms with E-state index in [4.69, 9.17) is 14.7 Å². The van der Waals surface area contributed by atoms with Crippen molar-refractivity contribution in [3.05, 3.63) is 40.1 Å². The lowest BCUT2D eigenvalue weighted by Crippen LogP contribution is -2.49. The van der Waals surface area contributed by atoms with E-state index in [9.17, 15) is 22.8 Å². The van der Waals surface area contributed by atoms with E-state index >= 15 is 0 Å². The van der Waals surface area contributed by atoms with E-state index in [2.05, 4.69) is 20.2 Å². The number of carbonyl (C=O) groups excluding carboxylic acids is 1. The van der Waals surface area contributed by atoms with Crippen LogP contribution in [0.5, 0.6) is 5.75 Å². The third-order valence-corrected chi connectivity index (χ3v) is 4.76. The molecule has 0 spiro atoms. The normalized spacial score (nSPS) is 14.1. The standard InChI is InChI=1S/C19H20F3N7O4/c20-19(21,22)13-10-24-18(25-11-13)29-4-2-28(3-5-29)16(30)1-6-32-7-8-33-15-12-26-27-17(31)14(15)9-23/h10-12H,1-8H2,(H,27,31). The molecule has 0 bridgehead atoms.